The molecule has 0 aliphatic carbocycles. The second-order valence-corrected chi connectivity index (χ2v) is 33.9. The Hall–Kier alpha value is -6.71. The summed E-state index contributed by atoms with van der Waals surface area (Å²) in [7, 11) is -1.96. The molecule has 32 heteroatoms. The van der Waals surface area contributed by atoms with Crippen molar-refractivity contribution in [2.75, 3.05) is 50.2 Å². The molecule has 2 fully saturated rings. The van der Waals surface area contributed by atoms with Crippen LogP contribution in [0.5, 0.6) is 11.5 Å². The molecule has 26 nitrogen and oxygen atoms in total. The minimum absolute atomic E-state index is 0. The normalized spacial score (nSPS) is 13.7. The fourth-order valence-electron chi connectivity index (χ4n) is 14.8. The van der Waals surface area contributed by atoms with Gasteiger partial charge in [-0.2, -0.15) is 0 Å². The number of aromatic nitrogens is 2. The van der Waals surface area contributed by atoms with Gasteiger partial charge in [-0.25, -0.2) is 24.2 Å². The fraction of sp³-hybridized carbons (Fsp3) is 0.361. The Bertz CT molecular complexity index is 5310. The van der Waals surface area contributed by atoms with Gasteiger partial charge in [-0.1, -0.05) is 181 Å². The van der Waals surface area contributed by atoms with Crippen LogP contribution in [0.3, 0.4) is 0 Å². The SMILES string of the molecule is C.COC(=O)C[C@H](CC(=O)[C@@H]1CCCN1C(=O)CCCN(C(=O)OC(C)(C)C)c1cc(C)ccn1)c1ccc(-c2ccc(OCc3ccccc3)c3ccccc23)cc1.COC(=O)C[C@H](CC(=O)[C@@H]1CCCN1C(=O)CCCN(C(=O)OC(C)(C)C)c1cc(C)ccn1)c1ccc(Br)cc1.O=[P+]([O-])O[O-].OB(O)c1ccc(OCc2ccccc2)c2ccccc12.[K+].[K][K]. The first-order chi connectivity index (χ1) is 60.8. The number of aryl methyl sites for hydroxylation is 2. The van der Waals surface area contributed by atoms with Crippen LogP contribution < -0.4 is 86.3 Å². The first-order valence-corrected chi connectivity index (χ1v) is 60.4. The van der Waals surface area contributed by atoms with Gasteiger partial charge in [0, 0.05) is 91.3 Å². The number of ether oxygens (including phenoxy) is 6. The standard InChI is InChI=1S/C48H53N3O7.C31H40BrN3O6.C17H15BO3.CH4.3K.HO4P/c1-33-25-26-49-44(29-33)51(47(55)58-48(2,3)4)28-12-18-45(53)50-27-11-17-41(50)42(52)30-37(31-46(54)56-5)35-19-21-36(22-20-35)38-23-24-43(40-16-10-9-15-39(38)40)57-32-34-13-7-6-8-14-34;1-21-14-15-33-27(18-21)35(30(39)41-31(2,3)4)17-7-9-28(37)34-16-6-8-25(34)26(36)19-23(20-29(38)40-5)22-10-12-24(32)13-11-22;19-18(20)16-10-11-17(15-9-5-4-8-14(15)16)21-12-13-6-2-1-3-7-13;;;;;1-4-5(2)3/h6-10,13-16,19-26,29,37,41H,11-12,17-18,27-28,30-32H2,1-5H3;10-15,18,23,25H,6-9,16-17,19-20H2,1-5H3;1-11,19-20H,12H2;1H4;;;;1H/q;;;;;;+1;/p-1/t37-,41-;23-,25-;;;;;;/m00....../s1. The van der Waals surface area contributed by atoms with E-state index in [-0.39, 0.29) is 146 Å². The molecule has 2 N–H and O–H groups in total. The van der Waals surface area contributed by atoms with Gasteiger partial charge in [-0.05, 0) is 208 Å². The molecule has 5 atom stereocenters. The molecular formula is C97H112BBrK3N6O20P. The number of ketones is 2. The van der Waals surface area contributed by atoms with Crippen LogP contribution in [0.2, 0.25) is 0 Å². The number of nitrogens with zero attached hydrogens (tertiary/aromatic N) is 6. The summed E-state index contributed by atoms with van der Waals surface area (Å²) in [4.78, 5) is 129. The molecule has 4 heterocycles. The minimum atomic E-state index is -3.15. The number of methoxy groups -OCH3 is 2. The summed E-state index contributed by atoms with van der Waals surface area (Å²) in [6.07, 6.45) is 6.21. The Morgan fingerprint density at radius 2 is 0.922 bits per heavy atom. The number of pyridine rings is 2. The molecule has 2 aromatic heterocycles. The Labute approximate surface area is 853 Å². The number of likely N-dealkylation sites (tertiary alicyclic amines) is 2. The molecule has 4 amide bonds. The molecule has 129 heavy (non-hydrogen) atoms. The Kier molecular flexibility index (Phi) is 48.6. The number of halogens is 1. The molecule has 8 aromatic carbocycles. The molecule has 12 rings (SSSR count). The Morgan fingerprint density at radius 1 is 0.543 bits per heavy atom. The van der Waals surface area contributed by atoms with Gasteiger partial charge in [0.05, 0.1) is 39.1 Å². The van der Waals surface area contributed by atoms with Gasteiger partial charge in [-0.3, -0.25) is 38.6 Å². The van der Waals surface area contributed by atoms with Crippen LogP contribution in [0.4, 0.5) is 21.2 Å². The number of amides is 4. The topological polar surface area (TPSA) is 344 Å². The van der Waals surface area contributed by atoms with E-state index in [0.717, 1.165) is 88.4 Å². The van der Waals surface area contributed by atoms with Crippen molar-refractivity contribution in [2.24, 2.45) is 0 Å². The zero-order valence-corrected chi connectivity index (χ0v) is 87.0. The van der Waals surface area contributed by atoms with Crippen molar-refractivity contribution in [2.45, 2.75) is 188 Å². The van der Waals surface area contributed by atoms with E-state index in [1.165, 1.54) is 87.2 Å². The van der Waals surface area contributed by atoms with Gasteiger partial charge >= 0.3 is 154 Å². The first kappa shape index (κ1) is 111. The maximum atomic E-state index is 14.0. The summed E-state index contributed by atoms with van der Waals surface area (Å²) in [6, 6.07) is 65.0. The molecule has 2 aliphatic heterocycles. The first-order valence-electron chi connectivity index (χ1n) is 42.5. The molecule has 2 saturated heterocycles. The van der Waals surface area contributed by atoms with Crippen LogP contribution in [-0.4, -0.2) is 211 Å². The fourth-order valence-corrected chi connectivity index (χ4v) is 15.1. The predicted octanol–water partition coefficient (Wildman–Crippen LogP) is 12.9. The van der Waals surface area contributed by atoms with E-state index < -0.39 is 62.7 Å². The monoisotopic (exact) mass is 1920 g/mol. The van der Waals surface area contributed by atoms with Crippen molar-refractivity contribution < 1.29 is 148 Å². The molecule has 0 spiro atoms. The molecule has 2 aliphatic rings. The summed E-state index contributed by atoms with van der Waals surface area (Å²) >= 11 is 5.92. The number of anilines is 2. The van der Waals surface area contributed by atoms with Gasteiger partial charge in [0.25, 0.3) is 0 Å². The third-order valence-corrected chi connectivity index (χ3v) is 21.5. The number of benzene rings is 8. The number of rotatable bonds is 31. The predicted molar refractivity (Wildman–Crippen MR) is 497 cm³/mol. The summed E-state index contributed by atoms with van der Waals surface area (Å²) in [6.45, 7) is 17.0. The van der Waals surface area contributed by atoms with E-state index in [4.69, 9.17) is 43.1 Å². The molecular weight excluding hydrogens is 1810 g/mol. The summed E-state index contributed by atoms with van der Waals surface area (Å²) < 4.78 is 45.5. The van der Waals surface area contributed by atoms with E-state index >= 15 is 0 Å². The number of carbonyl (C=O) groups excluding carboxylic acids is 8. The molecule has 0 bridgehead atoms. The van der Waals surface area contributed by atoms with Gasteiger partial charge in [-0.15, -0.1) is 0 Å². The van der Waals surface area contributed by atoms with Crippen LogP contribution in [0.25, 0.3) is 32.7 Å². The van der Waals surface area contributed by atoms with Crippen molar-refractivity contribution in [1.82, 2.24) is 19.8 Å². The van der Waals surface area contributed by atoms with Crippen molar-refractivity contribution >= 4 is 181 Å². The average molecular weight is 1920 g/mol. The molecule has 0 saturated carbocycles. The van der Waals surface area contributed by atoms with Crippen molar-refractivity contribution in [3.8, 4) is 22.6 Å². The van der Waals surface area contributed by atoms with Gasteiger partial charge < -0.3 is 58.4 Å². The number of hydrogen-bond acceptors (Lipinski definition) is 22. The van der Waals surface area contributed by atoms with E-state index in [1.54, 1.807) is 81.9 Å². The van der Waals surface area contributed by atoms with Crippen LogP contribution >= 0.6 is 24.2 Å². The van der Waals surface area contributed by atoms with Crippen molar-refractivity contribution in [3.05, 3.63) is 257 Å². The third-order valence-electron chi connectivity index (χ3n) is 20.8. The van der Waals surface area contributed by atoms with Crippen LogP contribution in [-0.2, 0) is 70.2 Å². The second kappa shape index (κ2) is 56.5. The van der Waals surface area contributed by atoms with E-state index in [9.17, 15) is 48.4 Å². The van der Waals surface area contributed by atoms with E-state index in [0.29, 0.717) is 75.5 Å². The molecule has 1 unspecified atom stereocenters. The van der Waals surface area contributed by atoms with Crippen LogP contribution in [0.1, 0.15) is 171 Å². The number of fused-ring (bicyclic) bond motifs is 2. The summed E-state index contributed by atoms with van der Waals surface area (Å²) in [5, 5.41) is 31.1. The number of carbonyl (C=O) groups is 8. The van der Waals surface area contributed by atoms with Gasteiger partial charge in [0.2, 0.25) is 11.8 Å². The Morgan fingerprint density at radius 3 is 1.31 bits per heavy atom. The zero-order chi connectivity index (χ0) is 92.3. The zero-order valence-electron chi connectivity index (χ0n) is 75.2. The van der Waals surface area contributed by atoms with Crippen LogP contribution in [0.15, 0.2) is 223 Å². The molecule has 0 radical (unpaired) electrons. The number of esters is 2. The van der Waals surface area contributed by atoms with Crippen molar-refractivity contribution in [3.63, 3.8) is 0 Å². The number of hydrogen-bond donors (Lipinski definition) is 2. The number of Topliss-reactive ketones (excluding diaryl/α,β-unsaturated/α-hetero) is 2. The van der Waals surface area contributed by atoms with Gasteiger partial charge in [0.1, 0.15) is 47.6 Å². The average Bonchev–Trinajstić information content (AvgIpc) is 1.15. The van der Waals surface area contributed by atoms with Gasteiger partial charge in [0.15, 0.2) is 11.6 Å². The summed E-state index contributed by atoms with van der Waals surface area (Å²) in [5.41, 5.74) is 6.93. The van der Waals surface area contributed by atoms with Crippen LogP contribution in [0, 0.1) is 13.8 Å². The molecule has 668 valence electrons. The van der Waals surface area contributed by atoms with E-state index in [1.807, 2.05) is 184 Å². The van der Waals surface area contributed by atoms with E-state index in [2.05, 4.69) is 48.8 Å². The summed E-state index contributed by atoms with van der Waals surface area (Å²) in [5.74, 6) is 0.473. The maximum absolute atomic E-state index is 14.0. The second-order valence-electron chi connectivity index (χ2n) is 32.4. The molecule has 10 aromatic rings. The van der Waals surface area contributed by atoms with Crippen molar-refractivity contribution in [1.29, 1.82) is 0 Å². The quantitative estimate of drug-likeness (QED) is 0.0102. The Balaban J connectivity index is 0.000000312. The third kappa shape index (κ3) is 35.9.